The molecule has 0 bridgehead atoms. The number of carboxylic acids is 1. The first-order valence-electron chi connectivity index (χ1n) is 6.75. The molecule has 1 rings (SSSR count). The number of carbonyl (C=O) groups is 2. The van der Waals surface area contributed by atoms with Crippen molar-refractivity contribution in [1.82, 2.24) is 10.6 Å². The number of carbonyl (C=O) groups excluding carboxylic acids is 1. The highest BCUT2D eigenvalue weighted by Gasteiger charge is 2.14. The number of rotatable bonds is 8. The average molecular weight is 314 g/mol. The number of ether oxygens (including phenoxy) is 1. The minimum Gasteiger partial charge on any atom is -0.481 e. The summed E-state index contributed by atoms with van der Waals surface area (Å²) in [4.78, 5) is 24.8. The fraction of sp³-hybridized carbons (Fsp3) is 0.571. The molecule has 118 valence electrons. The summed E-state index contributed by atoms with van der Waals surface area (Å²) in [6, 6.07) is 3.80. The standard InChI is InChI=1S/C14H22N2O4S/c1-9(6-12-5-4-10(2)21-12)16-14(19)15-8-11(20-3)7-13(17)18/h4-5,9,11H,6-8H2,1-3H3,(H,17,18)(H2,15,16,19). The second-order valence-corrected chi connectivity index (χ2v) is 6.30. The molecular weight excluding hydrogens is 292 g/mol. The van der Waals surface area contributed by atoms with Crippen LogP contribution in [0.15, 0.2) is 12.1 Å². The first-order chi connectivity index (χ1) is 9.90. The molecule has 2 amide bonds. The first-order valence-corrected chi connectivity index (χ1v) is 7.56. The predicted molar refractivity (Wildman–Crippen MR) is 81.8 cm³/mol. The molecule has 21 heavy (non-hydrogen) atoms. The van der Waals surface area contributed by atoms with E-state index in [1.54, 1.807) is 11.3 Å². The van der Waals surface area contributed by atoms with E-state index in [1.165, 1.54) is 16.9 Å². The van der Waals surface area contributed by atoms with E-state index in [2.05, 4.69) is 22.8 Å². The van der Waals surface area contributed by atoms with Crippen LogP contribution in [0.25, 0.3) is 0 Å². The number of thiophene rings is 1. The number of hydrogen-bond acceptors (Lipinski definition) is 4. The fourth-order valence-corrected chi connectivity index (χ4v) is 2.88. The number of aliphatic carboxylic acids is 1. The van der Waals surface area contributed by atoms with Crippen molar-refractivity contribution >= 4 is 23.3 Å². The molecule has 2 atom stereocenters. The van der Waals surface area contributed by atoms with Gasteiger partial charge in [-0.15, -0.1) is 11.3 Å². The molecule has 2 unspecified atom stereocenters. The fourth-order valence-electron chi connectivity index (χ4n) is 1.86. The van der Waals surface area contributed by atoms with E-state index in [-0.39, 0.29) is 25.0 Å². The highest BCUT2D eigenvalue weighted by Crippen LogP contribution is 2.16. The van der Waals surface area contributed by atoms with Gasteiger partial charge >= 0.3 is 12.0 Å². The van der Waals surface area contributed by atoms with Gasteiger partial charge < -0.3 is 20.5 Å². The smallest absolute Gasteiger partial charge is 0.315 e. The lowest BCUT2D eigenvalue weighted by Crippen LogP contribution is -2.44. The molecule has 0 aliphatic heterocycles. The maximum atomic E-state index is 11.7. The van der Waals surface area contributed by atoms with Gasteiger partial charge in [-0.3, -0.25) is 4.79 Å². The Balaban J connectivity index is 2.30. The molecule has 0 saturated heterocycles. The van der Waals surface area contributed by atoms with Crippen molar-refractivity contribution in [3.8, 4) is 0 Å². The van der Waals surface area contributed by atoms with Crippen LogP contribution in [0.1, 0.15) is 23.1 Å². The molecule has 0 radical (unpaired) electrons. The maximum absolute atomic E-state index is 11.7. The Morgan fingerprint density at radius 3 is 2.67 bits per heavy atom. The van der Waals surface area contributed by atoms with E-state index in [4.69, 9.17) is 9.84 Å². The van der Waals surface area contributed by atoms with E-state index in [0.717, 1.165) is 6.42 Å². The summed E-state index contributed by atoms with van der Waals surface area (Å²) in [7, 11) is 1.43. The highest BCUT2D eigenvalue weighted by atomic mass is 32.1. The normalized spacial score (nSPS) is 13.5. The van der Waals surface area contributed by atoms with E-state index in [9.17, 15) is 9.59 Å². The Labute approximate surface area is 128 Å². The summed E-state index contributed by atoms with van der Waals surface area (Å²) >= 11 is 1.71. The zero-order chi connectivity index (χ0) is 15.8. The average Bonchev–Trinajstić information content (AvgIpc) is 2.79. The van der Waals surface area contributed by atoms with Crippen molar-refractivity contribution in [2.24, 2.45) is 0 Å². The van der Waals surface area contributed by atoms with Gasteiger partial charge in [0.2, 0.25) is 0 Å². The molecule has 1 aromatic heterocycles. The van der Waals surface area contributed by atoms with Crippen LogP contribution in [0, 0.1) is 6.92 Å². The topological polar surface area (TPSA) is 87.7 Å². The van der Waals surface area contributed by atoms with Crippen molar-refractivity contribution in [3.05, 3.63) is 21.9 Å². The second-order valence-electron chi connectivity index (χ2n) is 4.93. The van der Waals surface area contributed by atoms with Crippen LogP contribution in [-0.4, -0.2) is 42.9 Å². The minimum absolute atomic E-state index is 0.00326. The largest absolute Gasteiger partial charge is 0.481 e. The Morgan fingerprint density at radius 2 is 2.14 bits per heavy atom. The van der Waals surface area contributed by atoms with Crippen molar-refractivity contribution in [2.45, 2.75) is 38.8 Å². The number of hydrogen-bond donors (Lipinski definition) is 3. The third kappa shape index (κ3) is 7.10. The van der Waals surface area contributed by atoms with Crippen molar-refractivity contribution < 1.29 is 19.4 Å². The molecule has 0 fully saturated rings. The van der Waals surface area contributed by atoms with Crippen molar-refractivity contribution in [3.63, 3.8) is 0 Å². The van der Waals surface area contributed by atoms with Crippen LogP contribution in [0.5, 0.6) is 0 Å². The van der Waals surface area contributed by atoms with Crippen molar-refractivity contribution in [2.75, 3.05) is 13.7 Å². The van der Waals surface area contributed by atoms with Gasteiger partial charge in [0, 0.05) is 35.9 Å². The van der Waals surface area contributed by atoms with Gasteiger partial charge in [0.1, 0.15) is 0 Å². The van der Waals surface area contributed by atoms with Gasteiger partial charge in [0.15, 0.2) is 0 Å². The van der Waals surface area contributed by atoms with E-state index in [1.807, 2.05) is 13.8 Å². The summed E-state index contributed by atoms with van der Waals surface area (Å²) in [6.45, 7) is 4.14. The van der Waals surface area contributed by atoms with Crippen LogP contribution in [0.2, 0.25) is 0 Å². The van der Waals surface area contributed by atoms with Crippen LogP contribution in [-0.2, 0) is 16.0 Å². The van der Waals surface area contributed by atoms with E-state index in [0.29, 0.717) is 0 Å². The summed E-state index contributed by atoms with van der Waals surface area (Å²) < 4.78 is 4.99. The van der Waals surface area contributed by atoms with Crippen LogP contribution in [0.4, 0.5) is 4.79 Å². The van der Waals surface area contributed by atoms with Crippen LogP contribution in [0.3, 0.4) is 0 Å². The molecular formula is C14H22N2O4S. The number of aryl methyl sites for hydroxylation is 1. The predicted octanol–water partition coefficient (Wildman–Crippen LogP) is 1.78. The second kappa shape index (κ2) is 8.63. The lowest BCUT2D eigenvalue weighted by molar-refractivity contribution is -0.139. The van der Waals surface area contributed by atoms with E-state index >= 15 is 0 Å². The molecule has 3 N–H and O–H groups in total. The number of amides is 2. The Morgan fingerprint density at radius 1 is 1.43 bits per heavy atom. The van der Waals surface area contributed by atoms with Gasteiger partial charge in [-0.05, 0) is 26.0 Å². The third-order valence-electron chi connectivity index (χ3n) is 2.91. The molecule has 0 aliphatic carbocycles. The van der Waals surface area contributed by atoms with Gasteiger partial charge in [0.25, 0.3) is 0 Å². The Hall–Kier alpha value is -1.60. The lowest BCUT2D eigenvalue weighted by Gasteiger charge is -2.17. The molecule has 6 nitrogen and oxygen atoms in total. The molecule has 0 aromatic carbocycles. The Bertz CT molecular complexity index is 475. The molecule has 1 heterocycles. The van der Waals surface area contributed by atoms with Crippen molar-refractivity contribution in [1.29, 1.82) is 0 Å². The quantitative estimate of drug-likeness (QED) is 0.682. The SMILES string of the molecule is COC(CNC(=O)NC(C)Cc1ccc(C)s1)CC(=O)O. The number of methoxy groups -OCH3 is 1. The molecule has 1 aromatic rings. The Kier molecular flexibility index (Phi) is 7.18. The van der Waals surface area contributed by atoms with Gasteiger partial charge in [-0.2, -0.15) is 0 Å². The van der Waals surface area contributed by atoms with E-state index < -0.39 is 12.1 Å². The highest BCUT2D eigenvalue weighted by molar-refractivity contribution is 7.11. The molecule has 0 saturated carbocycles. The minimum atomic E-state index is -0.953. The van der Waals surface area contributed by atoms with Crippen LogP contribution < -0.4 is 10.6 Å². The van der Waals surface area contributed by atoms with Gasteiger partial charge in [-0.1, -0.05) is 0 Å². The number of carboxylic acid groups (broad SMARTS) is 1. The molecule has 7 heteroatoms. The first kappa shape index (κ1) is 17.5. The summed E-state index contributed by atoms with van der Waals surface area (Å²) in [6.07, 6.45) is 0.110. The summed E-state index contributed by atoms with van der Waals surface area (Å²) in [5.41, 5.74) is 0. The summed E-state index contributed by atoms with van der Waals surface area (Å²) in [5.74, 6) is -0.953. The number of nitrogens with one attached hydrogen (secondary N) is 2. The molecule has 0 spiro atoms. The zero-order valence-electron chi connectivity index (χ0n) is 12.5. The third-order valence-corrected chi connectivity index (χ3v) is 3.93. The lowest BCUT2D eigenvalue weighted by atomic mass is 10.2. The maximum Gasteiger partial charge on any atom is 0.315 e. The monoisotopic (exact) mass is 314 g/mol. The van der Waals surface area contributed by atoms with Gasteiger partial charge in [-0.25, -0.2) is 4.79 Å². The van der Waals surface area contributed by atoms with Crippen LogP contribution >= 0.6 is 11.3 Å². The summed E-state index contributed by atoms with van der Waals surface area (Å²) in [5, 5.41) is 14.1. The zero-order valence-corrected chi connectivity index (χ0v) is 13.3. The molecule has 0 aliphatic rings. The number of urea groups is 1. The van der Waals surface area contributed by atoms with Gasteiger partial charge in [0.05, 0.1) is 12.5 Å².